The Morgan fingerprint density at radius 2 is 2.11 bits per heavy atom. The van der Waals surface area contributed by atoms with Crippen molar-refractivity contribution in [2.24, 2.45) is 0 Å². The smallest absolute Gasteiger partial charge is 0.137 e. The summed E-state index contributed by atoms with van der Waals surface area (Å²) in [6, 6.07) is 5.79. The van der Waals surface area contributed by atoms with Gasteiger partial charge in [0.05, 0.1) is 17.7 Å². The topological polar surface area (TPSA) is 41.5 Å². The first kappa shape index (κ1) is 15.3. The molecular formula is C14H22ClNO2. The molecule has 0 bridgehead atoms. The Hall–Kier alpha value is -0.770. The number of hydrogen-bond donors (Lipinski definition) is 2. The predicted molar refractivity (Wildman–Crippen MR) is 75.3 cm³/mol. The number of hydrogen-bond acceptors (Lipinski definition) is 3. The Kier molecular flexibility index (Phi) is 5.45. The molecule has 0 aliphatic heterocycles. The van der Waals surface area contributed by atoms with E-state index in [4.69, 9.17) is 16.3 Å². The van der Waals surface area contributed by atoms with Gasteiger partial charge in [0.15, 0.2) is 0 Å². The maximum atomic E-state index is 10.5. The van der Waals surface area contributed by atoms with E-state index in [1.54, 1.807) is 26.2 Å². The van der Waals surface area contributed by atoms with Crippen molar-refractivity contribution < 1.29 is 9.84 Å². The Morgan fingerprint density at radius 3 is 2.67 bits per heavy atom. The SMILES string of the molecule is COc1cc(C(C)(O)CCNC(C)C)ccc1Cl. The summed E-state index contributed by atoms with van der Waals surface area (Å²) in [6.45, 7) is 6.73. The van der Waals surface area contributed by atoms with Gasteiger partial charge in [0, 0.05) is 6.04 Å². The van der Waals surface area contributed by atoms with Crippen LogP contribution in [0.1, 0.15) is 32.8 Å². The van der Waals surface area contributed by atoms with Crippen molar-refractivity contribution in [1.29, 1.82) is 0 Å². The molecule has 1 unspecified atom stereocenters. The Labute approximate surface area is 114 Å². The van der Waals surface area contributed by atoms with E-state index >= 15 is 0 Å². The molecule has 4 heteroatoms. The molecule has 3 nitrogen and oxygen atoms in total. The first-order valence-electron chi connectivity index (χ1n) is 6.16. The number of methoxy groups -OCH3 is 1. The highest BCUT2D eigenvalue weighted by atomic mass is 35.5. The summed E-state index contributed by atoms with van der Waals surface area (Å²) >= 11 is 5.97. The summed E-state index contributed by atoms with van der Waals surface area (Å²) < 4.78 is 5.16. The van der Waals surface area contributed by atoms with Gasteiger partial charge in [0.2, 0.25) is 0 Å². The average molecular weight is 272 g/mol. The van der Waals surface area contributed by atoms with Gasteiger partial charge in [-0.2, -0.15) is 0 Å². The summed E-state index contributed by atoms with van der Waals surface area (Å²) in [5.41, 5.74) is -0.0750. The van der Waals surface area contributed by atoms with Crippen molar-refractivity contribution in [3.8, 4) is 5.75 Å². The molecule has 1 rings (SSSR count). The third-order valence-electron chi connectivity index (χ3n) is 2.94. The van der Waals surface area contributed by atoms with Crippen LogP contribution in [0.15, 0.2) is 18.2 Å². The highest BCUT2D eigenvalue weighted by Crippen LogP contribution is 2.31. The minimum absolute atomic E-state index is 0.417. The zero-order chi connectivity index (χ0) is 13.8. The highest BCUT2D eigenvalue weighted by Gasteiger charge is 2.23. The van der Waals surface area contributed by atoms with Gasteiger partial charge in [-0.25, -0.2) is 0 Å². The monoisotopic (exact) mass is 271 g/mol. The fourth-order valence-electron chi connectivity index (χ4n) is 1.74. The molecule has 1 aromatic rings. The quantitative estimate of drug-likeness (QED) is 0.836. The minimum Gasteiger partial charge on any atom is -0.495 e. The fraction of sp³-hybridized carbons (Fsp3) is 0.571. The van der Waals surface area contributed by atoms with Crippen molar-refractivity contribution in [1.82, 2.24) is 5.32 Å². The van der Waals surface area contributed by atoms with E-state index in [-0.39, 0.29) is 0 Å². The number of aliphatic hydroxyl groups is 1. The van der Waals surface area contributed by atoms with Gasteiger partial charge < -0.3 is 15.2 Å². The first-order valence-corrected chi connectivity index (χ1v) is 6.54. The van der Waals surface area contributed by atoms with Crippen LogP contribution in [0.3, 0.4) is 0 Å². The van der Waals surface area contributed by atoms with E-state index in [2.05, 4.69) is 19.2 Å². The molecule has 0 heterocycles. The number of nitrogens with one attached hydrogen (secondary N) is 1. The van der Waals surface area contributed by atoms with Crippen molar-refractivity contribution in [2.45, 2.75) is 38.8 Å². The fourth-order valence-corrected chi connectivity index (χ4v) is 1.94. The number of rotatable bonds is 6. The molecule has 0 spiro atoms. The Bertz CT molecular complexity index is 391. The second-order valence-electron chi connectivity index (χ2n) is 4.98. The molecule has 0 saturated heterocycles. The van der Waals surface area contributed by atoms with Gasteiger partial charge in [-0.05, 0) is 37.6 Å². The van der Waals surface area contributed by atoms with Gasteiger partial charge in [-0.1, -0.05) is 31.5 Å². The lowest BCUT2D eigenvalue weighted by molar-refractivity contribution is 0.0473. The molecule has 0 radical (unpaired) electrons. The van der Waals surface area contributed by atoms with Gasteiger partial charge in [0.1, 0.15) is 5.75 Å². The molecule has 102 valence electrons. The summed E-state index contributed by atoms with van der Waals surface area (Å²) in [7, 11) is 1.57. The second kappa shape index (κ2) is 6.41. The first-order chi connectivity index (χ1) is 8.36. The number of halogens is 1. The highest BCUT2D eigenvalue weighted by molar-refractivity contribution is 6.32. The van der Waals surface area contributed by atoms with E-state index in [0.717, 1.165) is 12.1 Å². The van der Waals surface area contributed by atoms with E-state index in [1.807, 2.05) is 6.07 Å². The van der Waals surface area contributed by atoms with E-state index in [0.29, 0.717) is 23.2 Å². The maximum Gasteiger partial charge on any atom is 0.137 e. The molecule has 2 N–H and O–H groups in total. The largest absolute Gasteiger partial charge is 0.495 e. The van der Waals surface area contributed by atoms with Crippen LogP contribution in [-0.4, -0.2) is 24.8 Å². The Morgan fingerprint density at radius 1 is 1.44 bits per heavy atom. The van der Waals surface area contributed by atoms with Gasteiger partial charge >= 0.3 is 0 Å². The molecular weight excluding hydrogens is 250 g/mol. The van der Waals surface area contributed by atoms with Crippen molar-refractivity contribution in [3.63, 3.8) is 0 Å². The zero-order valence-electron chi connectivity index (χ0n) is 11.5. The zero-order valence-corrected chi connectivity index (χ0v) is 12.2. The van der Waals surface area contributed by atoms with Crippen LogP contribution < -0.4 is 10.1 Å². The molecule has 0 fully saturated rings. The van der Waals surface area contributed by atoms with Crippen molar-refractivity contribution in [3.05, 3.63) is 28.8 Å². The molecule has 0 aliphatic carbocycles. The van der Waals surface area contributed by atoms with Gasteiger partial charge in [-0.15, -0.1) is 0 Å². The normalized spacial score (nSPS) is 14.6. The molecule has 1 atom stereocenters. The Balaban J connectivity index is 2.77. The minimum atomic E-state index is -0.889. The molecule has 0 amide bonds. The van der Waals surface area contributed by atoms with Crippen molar-refractivity contribution >= 4 is 11.6 Å². The maximum absolute atomic E-state index is 10.5. The standard InChI is InChI=1S/C14H22ClNO2/c1-10(2)16-8-7-14(3,17)11-5-6-12(15)13(9-11)18-4/h5-6,9-10,16-17H,7-8H2,1-4H3. The third-order valence-corrected chi connectivity index (χ3v) is 3.25. The van der Waals surface area contributed by atoms with E-state index in [9.17, 15) is 5.11 Å². The van der Waals surface area contributed by atoms with Crippen LogP contribution in [0, 0.1) is 0 Å². The average Bonchev–Trinajstić information content (AvgIpc) is 2.28. The lowest BCUT2D eigenvalue weighted by Crippen LogP contribution is -2.31. The summed E-state index contributed by atoms with van der Waals surface area (Å²) in [5.74, 6) is 0.589. The molecule has 0 aliphatic rings. The van der Waals surface area contributed by atoms with E-state index < -0.39 is 5.60 Å². The van der Waals surface area contributed by atoms with Crippen LogP contribution >= 0.6 is 11.6 Å². The lowest BCUT2D eigenvalue weighted by Gasteiger charge is -2.25. The predicted octanol–water partition coefficient (Wildman–Crippen LogP) is 2.94. The summed E-state index contributed by atoms with van der Waals surface area (Å²) in [5, 5.41) is 14.3. The molecule has 0 aromatic heterocycles. The molecule has 0 saturated carbocycles. The number of ether oxygens (including phenoxy) is 1. The van der Waals surface area contributed by atoms with Crippen LogP contribution in [0.5, 0.6) is 5.75 Å². The summed E-state index contributed by atoms with van der Waals surface area (Å²) in [4.78, 5) is 0. The van der Waals surface area contributed by atoms with E-state index in [1.165, 1.54) is 0 Å². The van der Waals surface area contributed by atoms with Crippen LogP contribution in [0.4, 0.5) is 0 Å². The molecule has 18 heavy (non-hydrogen) atoms. The van der Waals surface area contributed by atoms with Gasteiger partial charge in [-0.3, -0.25) is 0 Å². The van der Waals surface area contributed by atoms with Crippen LogP contribution in [0.2, 0.25) is 5.02 Å². The second-order valence-corrected chi connectivity index (χ2v) is 5.39. The third kappa shape index (κ3) is 4.16. The summed E-state index contributed by atoms with van der Waals surface area (Å²) in [6.07, 6.45) is 0.635. The van der Waals surface area contributed by atoms with Crippen LogP contribution in [0.25, 0.3) is 0 Å². The van der Waals surface area contributed by atoms with Crippen LogP contribution in [-0.2, 0) is 5.60 Å². The van der Waals surface area contributed by atoms with Crippen molar-refractivity contribution in [2.75, 3.05) is 13.7 Å². The number of benzene rings is 1. The van der Waals surface area contributed by atoms with Gasteiger partial charge in [0.25, 0.3) is 0 Å². The lowest BCUT2D eigenvalue weighted by atomic mass is 9.92. The molecule has 1 aromatic carbocycles.